The summed E-state index contributed by atoms with van der Waals surface area (Å²) in [5.74, 6) is 0.757. The van der Waals surface area contributed by atoms with Crippen LogP contribution in [0.4, 0.5) is 0 Å². The summed E-state index contributed by atoms with van der Waals surface area (Å²) in [7, 11) is 0. The van der Waals surface area contributed by atoms with E-state index >= 15 is 0 Å². The molecule has 0 saturated carbocycles. The van der Waals surface area contributed by atoms with Gasteiger partial charge in [0, 0.05) is 25.2 Å². The zero-order valence-electron chi connectivity index (χ0n) is 15.3. The maximum Gasteiger partial charge on any atom is 0.251 e. The molecule has 0 aliphatic carbocycles. The minimum Gasteiger partial charge on any atom is -0.390 e. The molecule has 1 fully saturated rings. The number of carbonyl (C=O) groups excluding carboxylic acids is 1. The number of amides is 1. The van der Waals surface area contributed by atoms with Crippen molar-refractivity contribution in [3.8, 4) is 0 Å². The number of aryl methyl sites for hydroxylation is 1. The van der Waals surface area contributed by atoms with E-state index in [1.54, 1.807) is 0 Å². The zero-order chi connectivity index (χ0) is 17.6. The maximum atomic E-state index is 12.3. The maximum absolute atomic E-state index is 12.3. The summed E-state index contributed by atoms with van der Waals surface area (Å²) < 4.78 is 0. The molecule has 1 amide bonds. The van der Waals surface area contributed by atoms with Crippen LogP contribution in [0.15, 0.2) is 24.3 Å². The van der Waals surface area contributed by atoms with Crippen LogP contribution < -0.4 is 5.32 Å². The van der Waals surface area contributed by atoms with Crippen LogP contribution in [-0.2, 0) is 6.42 Å². The predicted octanol–water partition coefficient (Wildman–Crippen LogP) is 2.85. The Balaban J connectivity index is 1.79. The van der Waals surface area contributed by atoms with Gasteiger partial charge in [-0.05, 0) is 69.7 Å². The molecule has 134 valence electrons. The molecule has 1 heterocycles. The van der Waals surface area contributed by atoms with Crippen LogP contribution in [0, 0.1) is 5.92 Å². The SMILES string of the molecule is C[C@H]1CCCN(CCNC(=O)c2cccc(CCC(C)(C)O)c2)C1. The molecule has 0 radical (unpaired) electrons. The standard InChI is InChI=1S/C20H32N2O2/c1-16-6-5-12-22(15-16)13-11-21-19(23)18-8-4-7-17(14-18)9-10-20(2,3)24/h4,7-8,14,16,24H,5-6,9-13,15H2,1-3H3,(H,21,23)/t16-/m0/s1. The van der Waals surface area contributed by atoms with Crippen LogP contribution in [0.5, 0.6) is 0 Å². The Morgan fingerprint density at radius 2 is 2.21 bits per heavy atom. The molecule has 0 unspecified atom stereocenters. The molecule has 1 atom stereocenters. The second kappa shape index (κ2) is 8.63. The minimum absolute atomic E-state index is 0.00911. The summed E-state index contributed by atoms with van der Waals surface area (Å²) in [6, 6.07) is 7.72. The number of hydrogen-bond acceptors (Lipinski definition) is 3. The average molecular weight is 332 g/mol. The molecule has 2 N–H and O–H groups in total. The number of nitrogens with zero attached hydrogens (tertiary/aromatic N) is 1. The second-order valence-corrected chi connectivity index (χ2v) is 7.82. The van der Waals surface area contributed by atoms with Gasteiger partial charge in [-0.25, -0.2) is 0 Å². The fraction of sp³-hybridized carbons (Fsp3) is 0.650. The summed E-state index contributed by atoms with van der Waals surface area (Å²) in [4.78, 5) is 14.8. The van der Waals surface area contributed by atoms with E-state index in [9.17, 15) is 9.90 Å². The first-order valence-electron chi connectivity index (χ1n) is 9.15. The van der Waals surface area contributed by atoms with Gasteiger partial charge in [-0.1, -0.05) is 19.1 Å². The van der Waals surface area contributed by atoms with Gasteiger partial charge in [0.1, 0.15) is 0 Å². The Morgan fingerprint density at radius 3 is 2.92 bits per heavy atom. The van der Waals surface area contributed by atoms with E-state index in [0.717, 1.165) is 37.5 Å². The van der Waals surface area contributed by atoms with E-state index < -0.39 is 5.60 Å². The molecular formula is C20H32N2O2. The highest BCUT2D eigenvalue weighted by atomic mass is 16.3. The van der Waals surface area contributed by atoms with Gasteiger partial charge in [-0.15, -0.1) is 0 Å². The highest BCUT2D eigenvalue weighted by Crippen LogP contribution is 2.15. The van der Waals surface area contributed by atoms with E-state index in [1.165, 1.54) is 12.8 Å². The molecule has 0 aromatic heterocycles. The summed E-state index contributed by atoms with van der Waals surface area (Å²) in [5.41, 5.74) is 1.12. The molecule has 1 saturated heterocycles. The van der Waals surface area contributed by atoms with Crippen LogP contribution in [0.3, 0.4) is 0 Å². The number of nitrogens with one attached hydrogen (secondary N) is 1. The molecule has 1 aromatic rings. The predicted molar refractivity (Wildman–Crippen MR) is 98.2 cm³/mol. The molecule has 0 spiro atoms. The third-order valence-corrected chi connectivity index (χ3v) is 4.67. The molecule has 1 aromatic carbocycles. The molecule has 24 heavy (non-hydrogen) atoms. The van der Waals surface area contributed by atoms with E-state index in [2.05, 4.69) is 17.1 Å². The lowest BCUT2D eigenvalue weighted by Gasteiger charge is -2.30. The lowest BCUT2D eigenvalue weighted by molar-refractivity contribution is 0.0714. The van der Waals surface area contributed by atoms with Crippen molar-refractivity contribution < 1.29 is 9.90 Å². The van der Waals surface area contributed by atoms with Crippen molar-refractivity contribution in [2.45, 2.75) is 52.1 Å². The van der Waals surface area contributed by atoms with Gasteiger partial charge in [0.2, 0.25) is 0 Å². The van der Waals surface area contributed by atoms with E-state index in [0.29, 0.717) is 18.5 Å². The first kappa shape index (κ1) is 18.9. The highest BCUT2D eigenvalue weighted by Gasteiger charge is 2.16. The quantitative estimate of drug-likeness (QED) is 0.807. The summed E-state index contributed by atoms with van der Waals surface area (Å²) in [6.07, 6.45) is 4.04. The smallest absolute Gasteiger partial charge is 0.251 e. The fourth-order valence-electron chi connectivity index (χ4n) is 3.24. The summed E-state index contributed by atoms with van der Waals surface area (Å²) >= 11 is 0. The lowest BCUT2D eigenvalue weighted by Crippen LogP contribution is -2.40. The van der Waals surface area contributed by atoms with Gasteiger partial charge in [0.15, 0.2) is 0 Å². The van der Waals surface area contributed by atoms with Gasteiger partial charge < -0.3 is 15.3 Å². The second-order valence-electron chi connectivity index (χ2n) is 7.82. The average Bonchev–Trinajstić information content (AvgIpc) is 2.52. The fourth-order valence-corrected chi connectivity index (χ4v) is 3.24. The van der Waals surface area contributed by atoms with Crippen molar-refractivity contribution in [2.75, 3.05) is 26.2 Å². The Labute approximate surface area is 146 Å². The van der Waals surface area contributed by atoms with Crippen LogP contribution in [0.1, 0.15) is 56.0 Å². The van der Waals surface area contributed by atoms with Crippen LogP contribution >= 0.6 is 0 Å². The number of piperidine rings is 1. The third-order valence-electron chi connectivity index (χ3n) is 4.67. The zero-order valence-corrected chi connectivity index (χ0v) is 15.3. The molecular weight excluding hydrogens is 300 g/mol. The van der Waals surface area contributed by atoms with Crippen LogP contribution in [0.25, 0.3) is 0 Å². The summed E-state index contributed by atoms with van der Waals surface area (Å²) in [5, 5.41) is 12.9. The lowest BCUT2D eigenvalue weighted by atomic mass is 9.98. The van der Waals surface area contributed by atoms with Gasteiger partial charge in [0.05, 0.1) is 5.60 Å². The van der Waals surface area contributed by atoms with Crippen molar-refractivity contribution >= 4 is 5.91 Å². The first-order chi connectivity index (χ1) is 11.3. The Hall–Kier alpha value is -1.39. The van der Waals surface area contributed by atoms with Crippen LogP contribution in [-0.4, -0.2) is 47.7 Å². The van der Waals surface area contributed by atoms with E-state index in [1.807, 2.05) is 38.1 Å². The van der Waals surface area contributed by atoms with E-state index in [-0.39, 0.29) is 5.91 Å². The number of aliphatic hydroxyl groups is 1. The van der Waals surface area contributed by atoms with Crippen molar-refractivity contribution in [1.29, 1.82) is 0 Å². The van der Waals surface area contributed by atoms with Crippen LogP contribution in [0.2, 0.25) is 0 Å². The largest absolute Gasteiger partial charge is 0.390 e. The van der Waals surface area contributed by atoms with Gasteiger partial charge in [-0.2, -0.15) is 0 Å². The molecule has 1 aliphatic heterocycles. The minimum atomic E-state index is -0.677. The Morgan fingerprint density at radius 1 is 1.42 bits per heavy atom. The van der Waals surface area contributed by atoms with Gasteiger partial charge >= 0.3 is 0 Å². The molecule has 4 nitrogen and oxygen atoms in total. The Kier molecular flexibility index (Phi) is 6.81. The summed E-state index contributed by atoms with van der Waals surface area (Å²) in [6.45, 7) is 9.82. The first-order valence-corrected chi connectivity index (χ1v) is 9.15. The molecule has 2 rings (SSSR count). The Bertz CT molecular complexity index is 537. The normalized spacial score (nSPS) is 19.2. The van der Waals surface area contributed by atoms with Gasteiger partial charge in [0.25, 0.3) is 5.91 Å². The molecule has 1 aliphatic rings. The number of carbonyl (C=O) groups is 1. The van der Waals surface area contributed by atoms with Gasteiger partial charge in [-0.3, -0.25) is 4.79 Å². The third kappa shape index (κ3) is 6.62. The molecule has 0 bridgehead atoms. The highest BCUT2D eigenvalue weighted by molar-refractivity contribution is 5.94. The number of benzene rings is 1. The number of likely N-dealkylation sites (tertiary alicyclic amines) is 1. The topological polar surface area (TPSA) is 52.6 Å². The van der Waals surface area contributed by atoms with Crippen molar-refractivity contribution in [2.24, 2.45) is 5.92 Å². The van der Waals surface area contributed by atoms with E-state index in [4.69, 9.17) is 0 Å². The van der Waals surface area contributed by atoms with Crippen molar-refractivity contribution in [3.63, 3.8) is 0 Å². The monoisotopic (exact) mass is 332 g/mol. The molecule has 4 heteroatoms. The van der Waals surface area contributed by atoms with Crippen molar-refractivity contribution in [1.82, 2.24) is 10.2 Å². The number of rotatable bonds is 7. The number of hydrogen-bond donors (Lipinski definition) is 2. The van der Waals surface area contributed by atoms with Crippen molar-refractivity contribution in [3.05, 3.63) is 35.4 Å².